The number of halogens is 2. The van der Waals surface area contributed by atoms with Crippen molar-refractivity contribution in [3.63, 3.8) is 0 Å². The Morgan fingerprint density at radius 2 is 1.39 bits per heavy atom. The van der Waals surface area contributed by atoms with Gasteiger partial charge >= 0.3 is 5.97 Å². The molecule has 6 amide bonds. The molecule has 6 rings (SSSR count). The Morgan fingerprint density at radius 3 is 2.11 bits per heavy atom. The normalized spacial score (nSPS) is 27.2. The van der Waals surface area contributed by atoms with Crippen molar-refractivity contribution in [3.05, 3.63) is 35.4 Å². The predicted octanol–water partition coefficient (Wildman–Crippen LogP) is 2.65. The number of cyclic esters (lactones) is 1. The van der Waals surface area contributed by atoms with E-state index in [1.807, 2.05) is 0 Å². The average Bonchev–Trinajstić information content (AvgIpc) is 3.89. The second-order valence-electron chi connectivity index (χ2n) is 16.3. The van der Waals surface area contributed by atoms with Gasteiger partial charge in [0.25, 0.3) is 0 Å². The molecular weight excluding hydrogens is 742 g/mol. The summed E-state index contributed by atoms with van der Waals surface area (Å²) >= 11 is 0. The molecule has 3 N–H and O–H groups in total. The lowest BCUT2D eigenvalue weighted by Gasteiger charge is -2.39. The first-order valence-corrected chi connectivity index (χ1v) is 20.8. The number of piperidine rings is 1. The van der Waals surface area contributed by atoms with Gasteiger partial charge in [0, 0.05) is 38.5 Å². The Balaban J connectivity index is 1.26. The topological polar surface area (TPSA) is 175 Å². The van der Waals surface area contributed by atoms with Crippen molar-refractivity contribution in [3.8, 4) is 0 Å². The van der Waals surface area contributed by atoms with Gasteiger partial charge in [0.1, 0.15) is 54.5 Å². The van der Waals surface area contributed by atoms with E-state index in [1.165, 1.54) is 28.0 Å². The fourth-order valence-electron chi connectivity index (χ4n) is 9.22. The van der Waals surface area contributed by atoms with Crippen LogP contribution in [0.4, 0.5) is 8.78 Å². The van der Waals surface area contributed by atoms with Crippen LogP contribution < -0.4 is 16.0 Å². The number of carbonyl (C=O) groups is 7. The Morgan fingerprint density at radius 1 is 0.772 bits per heavy atom. The fourth-order valence-corrected chi connectivity index (χ4v) is 9.22. The monoisotopic (exact) mass is 798 g/mol. The number of ether oxygens (including phenoxy) is 1. The smallest absolute Gasteiger partial charge is 0.328 e. The van der Waals surface area contributed by atoms with E-state index in [9.17, 15) is 42.3 Å². The van der Waals surface area contributed by atoms with E-state index in [0.717, 1.165) is 44.2 Å². The van der Waals surface area contributed by atoms with Crippen LogP contribution in [-0.4, -0.2) is 119 Å². The zero-order chi connectivity index (χ0) is 40.6. The Kier molecular flexibility index (Phi) is 14.2. The summed E-state index contributed by atoms with van der Waals surface area (Å²) in [5.41, 5.74) is 0.0939. The zero-order valence-corrected chi connectivity index (χ0v) is 32.8. The molecule has 0 aromatic heterocycles. The number of hydrogen-bond acceptors (Lipinski definition) is 8. The number of amides is 6. The highest BCUT2D eigenvalue weighted by Crippen LogP contribution is 2.29. The molecule has 312 valence electrons. The fraction of sp³-hybridized carbons (Fsp3) is 0.683. The Labute approximate surface area is 332 Å². The van der Waals surface area contributed by atoms with Gasteiger partial charge in [-0.2, -0.15) is 0 Å². The summed E-state index contributed by atoms with van der Waals surface area (Å²) in [6.45, 7) is 1.57. The molecule has 4 saturated heterocycles. The molecule has 57 heavy (non-hydrogen) atoms. The van der Waals surface area contributed by atoms with Crippen LogP contribution in [0.5, 0.6) is 0 Å². The largest absolute Gasteiger partial charge is 0.461 e. The SMILES string of the molecule is C[C@@H]1NC(=O)[C@@H]2CCCCN2C(=O)[C@@H]2CCCN2C(=O)[C@@H](NC(=O)[C@H](Cc2cc(F)cc(F)c2)NC(=O)CCCC2CCCCC2)COC(=O)[C@@H]2CCCN2C1=O. The Hall–Kier alpha value is -4.63. The molecule has 16 heteroatoms. The lowest BCUT2D eigenvalue weighted by molar-refractivity contribution is -0.158. The summed E-state index contributed by atoms with van der Waals surface area (Å²) in [5.74, 6) is -5.41. The zero-order valence-electron chi connectivity index (χ0n) is 32.8. The van der Waals surface area contributed by atoms with Crippen LogP contribution in [-0.2, 0) is 44.7 Å². The van der Waals surface area contributed by atoms with Gasteiger partial charge in [-0.25, -0.2) is 13.6 Å². The minimum atomic E-state index is -1.53. The first-order valence-electron chi connectivity index (χ1n) is 20.8. The van der Waals surface area contributed by atoms with Gasteiger partial charge in [0.05, 0.1) is 0 Å². The van der Waals surface area contributed by atoms with Gasteiger partial charge in [0.2, 0.25) is 35.4 Å². The number of nitrogens with one attached hydrogen (secondary N) is 3. The molecule has 14 nitrogen and oxygen atoms in total. The van der Waals surface area contributed by atoms with Gasteiger partial charge in [-0.15, -0.1) is 0 Å². The number of nitrogens with zero attached hydrogens (tertiary/aromatic N) is 3. The third kappa shape index (κ3) is 10.5. The number of fused-ring (bicyclic) bond motifs is 3. The molecule has 4 aliphatic heterocycles. The maximum Gasteiger partial charge on any atom is 0.328 e. The highest BCUT2D eigenvalue weighted by atomic mass is 19.1. The molecule has 1 aromatic rings. The second kappa shape index (κ2) is 19.2. The van der Waals surface area contributed by atoms with E-state index in [4.69, 9.17) is 4.74 Å². The number of carbonyl (C=O) groups excluding carboxylic acids is 7. The van der Waals surface area contributed by atoms with Gasteiger partial charge in [-0.05, 0) is 88.3 Å². The summed E-state index contributed by atoms with van der Waals surface area (Å²) in [5, 5.41) is 8.10. The first-order chi connectivity index (χ1) is 27.4. The van der Waals surface area contributed by atoms with E-state index in [-0.39, 0.29) is 44.5 Å². The summed E-state index contributed by atoms with van der Waals surface area (Å²) < 4.78 is 34.2. The van der Waals surface area contributed by atoms with Crippen LogP contribution in [0.2, 0.25) is 0 Å². The molecule has 0 bridgehead atoms. The van der Waals surface area contributed by atoms with Crippen LogP contribution in [0.15, 0.2) is 18.2 Å². The summed E-state index contributed by atoms with van der Waals surface area (Å²) in [6, 6.07) is -3.89. The molecule has 0 radical (unpaired) electrons. The van der Waals surface area contributed by atoms with Gasteiger partial charge < -0.3 is 35.4 Å². The lowest BCUT2D eigenvalue weighted by atomic mass is 9.86. The molecular formula is C41H56F2N6O8. The van der Waals surface area contributed by atoms with Crippen molar-refractivity contribution >= 4 is 41.4 Å². The van der Waals surface area contributed by atoms with Crippen LogP contribution in [0, 0.1) is 17.6 Å². The number of esters is 1. The van der Waals surface area contributed by atoms with Crippen molar-refractivity contribution in [1.82, 2.24) is 30.7 Å². The van der Waals surface area contributed by atoms with Crippen LogP contribution >= 0.6 is 0 Å². The molecule has 0 unspecified atom stereocenters. The molecule has 6 atom stereocenters. The van der Waals surface area contributed by atoms with Crippen LogP contribution in [0.1, 0.15) is 109 Å². The average molecular weight is 799 g/mol. The van der Waals surface area contributed by atoms with Crippen LogP contribution in [0.25, 0.3) is 0 Å². The van der Waals surface area contributed by atoms with Gasteiger partial charge in [-0.1, -0.05) is 32.1 Å². The van der Waals surface area contributed by atoms with Crippen molar-refractivity contribution < 1.29 is 47.1 Å². The highest BCUT2D eigenvalue weighted by Gasteiger charge is 2.45. The molecule has 1 saturated carbocycles. The molecule has 5 aliphatic rings. The van der Waals surface area contributed by atoms with Crippen molar-refractivity contribution in [2.24, 2.45) is 5.92 Å². The summed E-state index contributed by atoms with van der Waals surface area (Å²) in [4.78, 5) is 101. The number of rotatable bonds is 9. The van der Waals surface area contributed by atoms with Gasteiger partial charge in [-0.3, -0.25) is 28.8 Å². The van der Waals surface area contributed by atoms with Crippen molar-refractivity contribution in [2.45, 2.75) is 146 Å². The highest BCUT2D eigenvalue weighted by molar-refractivity contribution is 5.97. The standard InChI is InChI=1S/C41H56F2N6O8/c1-25-38(53)49-19-9-15-34(49)41(56)57-24-31(39(54)48-18-8-14-33(48)40(55)47-17-6-5-13-32(47)37(52)44-25)46-36(51)30(22-27-20-28(42)23-29(43)21-27)45-35(50)16-7-12-26-10-3-2-4-11-26/h20-21,23,25-26,30-34H,2-19,22,24H2,1H3,(H,44,52)(H,45,50)(H,46,51)/t25-,30-,31-,32-,33-,34-/m0/s1. The third-order valence-corrected chi connectivity index (χ3v) is 12.2. The molecule has 0 spiro atoms. The van der Waals surface area contributed by atoms with E-state index < -0.39 is 95.9 Å². The lowest BCUT2D eigenvalue weighted by Crippen LogP contribution is -2.62. The second-order valence-corrected chi connectivity index (χ2v) is 16.3. The first kappa shape index (κ1) is 42.0. The van der Waals surface area contributed by atoms with E-state index in [2.05, 4.69) is 16.0 Å². The molecule has 4 heterocycles. The maximum absolute atomic E-state index is 14.5. The number of benzene rings is 1. The van der Waals surface area contributed by atoms with E-state index in [0.29, 0.717) is 56.9 Å². The molecule has 1 aliphatic carbocycles. The predicted molar refractivity (Wildman–Crippen MR) is 202 cm³/mol. The molecule has 5 fully saturated rings. The maximum atomic E-state index is 14.5. The van der Waals surface area contributed by atoms with E-state index in [1.54, 1.807) is 0 Å². The minimum absolute atomic E-state index is 0.0939. The quantitative estimate of drug-likeness (QED) is 0.320. The van der Waals surface area contributed by atoms with Crippen molar-refractivity contribution in [2.75, 3.05) is 26.2 Å². The minimum Gasteiger partial charge on any atom is -0.461 e. The van der Waals surface area contributed by atoms with E-state index >= 15 is 0 Å². The van der Waals surface area contributed by atoms with Gasteiger partial charge in [0.15, 0.2) is 0 Å². The third-order valence-electron chi connectivity index (χ3n) is 12.2. The van der Waals surface area contributed by atoms with Crippen LogP contribution in [0.3, 0.4) is 0 Å². The van der Waals surface area contributed by atoms with Crippen molar-refractivity contribution in [1.29, 1.82) is 0 Å². The summed E-state index contributed by atoms with van der Waals surface area (Å²) in [6.07, 6.45) is 10.3. The summed E-state index contributed by atoms with van der Waals surface area (Å²) in [7, 11) is 0. The number of hydrogen-bond donors (Lipinski definition) is 3. The Bertz CT molecular complexity index is 1670. The molecule has 1 aromatic carbocycles.